The predicted molar refractivity (Wildman–Crippen MR) is 85.2 cm³/mol. The molecule has 1 heterocycles. The SMILES string of the molecule is Nc1ccccc1CCC(=O)NCCc1ccc(Cl)s1. The fourth-order valence-corrected chi connectivity index (χ4v) is 3.00. The predicted octanol–water partition coefficient (Wildman–Crippen LogP) is 3.28. The van der Waals surface area contributed by atoms with E-state index >= 15 is 0 Å². The molecule has 0 spiro atoms. The Hall–Kier alpha value is -1.52. The lowest BCUT2D eigenvalue weighted by Crippen LogP contribution is -2.25. The minimum absolute atomic E-state index is 0.0518. The number of carbonyl (C=O) groups is 1. The zero-order chi connectivity index (χ0) is 14.4. The number of hydrogen-bond acceptors (Lipinski definition) is 3. The van der Waals surface area contributed by atoms with Gasteiger partial charge < -0.3 is 11.1 Å². The van der Waals surface area contributed by atoms with Crippen molar-refractivity contribution in [2.75, 3.05) is 12.3 Å². The van der Waals surface area contributed by atoms with Gasteiger partial charge in [0.1, 0.15) is 0 Å². The Bertz CT molecular complexity index is 583. The van der Waals surface area contributed by atoms with Crippen LogP contribution in [0.2, 0.25) is 4.34 Å². The van der Waals surface area contributed by atoms with E-state index in [1.165, 1.54) is 4.88 Å². The van der Waals surface area contributed by atoms with Crippen LogP contribution in [-0.4, -0.2) is 12.5 Å². The molecule has 0 aliphatic heterocycles. The highest BCUT2D eigenvalue weighted by Gasteiger charge is 2.04. The van der Waals surface area contributed by atoms with Crippen LogP contribution in [0.25, 0.3) is 0 Å². The van der Waals surface area contributed by atoms with Crippen molar-refractivity contribution in [2.45, 2.75) is 19.3 Å². The first kappa shape index (κ1) is 14.9. The number of thiophene rings is 1. The number of rotatable bonds is 6. The lowest BCUT2D eigenvalue weighted by molar-refractivity contribution is -0.121. The highest BCUT2D eigenvalue weighted by atomic mass is 35.5. The molecule has 0 aliphatic carbocycles. The average molecular weight is 309 g/mol. The molecular formula is C15H17ClN2OS. The second kappa shape index (κ2) is 7.31. The average Bonchev–Trinajstić information content (AvgIpc) is 2.83. The number of halogens is 1. The van der Waals surface area contributed by atoms with Crippen LogP contribution in [-0.2, 0) is 17.6 Å². The number of anilines is 1. The van der Waals surface area contributed by atoms with E-state index in [0.29, 0.717) is 19.4 Å². The summed E-state index contributed by atoms with van der Waals surface area (Å²) in [6, 6.07) is 11.5. The Labute approximate surface area is 127 Å². The van der Waals surface area contributed by atoms with Crippen LogP contribution in [0.4, 0.5) is 5.69 Å². The molecule has 0 radical (unpaired) electrons. The Morgan fingerprint density at radius 2 is 2.00 bits per heavy atom. The molecule has 1 amide bonds. The third-order valence-electron chi connectivity index (χ3n) is 3.00. The maximum atomic E-state index is 11.7. The summed E-state index contributed by atoms with van der Waals surface area (Å²) < 4.78 is 0.783. The van der Waals surface area contributed by atoms with Gasteiger partial charge in [0.2, 0.25) is 5.91 Å². The molecule has 5 heteroatoms. The van der Waals surface area contributed by atoms with Crippen LogP contribution in [0, 0.1) is 0 Å². The fourth-order valence-electron chi connectivity index (χ4n) is 1.91. The molecule has 3 N–H and O–H groups in total. The number of nitrogen functional groups attached to an aromatic ring is 1. The van der Waals surface area contributed by atoms with Gasteiger partial charge in [-0.05, 0) is 36.6 Å². The summed E-state index contributed by atoms with van der Waals surface area (Å²) >= 11 is 7.40. The van der Waals surface area contributed by atoms with Gasteiger partial charge in [0.05, 0.1) is 4.34 Å². The minimum Gasteiger partial charge on any atom is -0.399 e. The molecule has 0 aliphatic rings. The zero-order valence-corrected chi connectivity index (χ0v) is 12.6. The Morgan fingerprint density at radius 1 is 1.20 bits per heavy atom. The topological polar surface area (TPSA) is 55.1 Å². The van der Waals surface area contributed by atoms with Gasteiger partial charge in [-0.15, -0.1) is 11.3 Å². The number of carbonyl (C=O) groups excluding carboxylic acids is 1. The van der Waals surface area contributed by atoms with Crippen molar-refractivity contribution in [1.82, 2.24) is 5.32 Å². The molecule has 2 aromatic rings. The van der Waals surface area contributed by atoms with E-state index < -0.39 is 0 Å². The summed E-state index contributed by atoms with van der Waals surface area (Å²) in [5.74, 6) is 0.0518. The molecule has 0 saturated carbocycles. The molecule has 0 atom stereocenters. The largest absolute Gasteiger partial charge is 0.399 e. The van der Waals surface area contributed by atoms with Gasteiger partial charge in [0.15, 0.2) is 0 Å². The van der Waals surface area contributed by atoms with E-state index in [4.69, 9.17) is 17.3 Å². The lowest BCUT2D eigenvalue weighted by Gasteiger charge is -2.06. The van der Waals surface area contributed by atoms with Crippen molar-refractivity contribution in [1.29, 1.82) is 0 Å². The zero-order valence-electron chi connectivity index (χ0n) is 11.1. The lowest BCUT2D eigenvalue weighted by atomic mass is 10.1. The molecular weight excluding hydrogens is 292 g/mol. The Morgan fingerprint density at radius 3 is 2.70 bits per heavy atom. The van der Waals surface area contributed by atoms with Crippen molar-refractivity contribution in [3.63, 3.8) is 0 Å². The highest BCUT2D eigenvalue weighted by molar-refractivity contribution is 7.16. The monoisotopic (exact) mass is 308 g/mol. The van der Waals surface area contributed by atoms with Crippen LogP contribution >= 0.6 is 22.9 Å². The second-order valence-corrected chi connectivity index (χ2v) is 6.30. The van der Waals surface area contributed by atoms with Gasteiger partial charge in [-0.3, -0.25) is 4.79 Å². The summed E-state index contributed by atoms with van der Waals surface area (Å²) in [4.78, 5) is 12.9. The molecule has 106 valence electrons. The van der Waals surface area contributed by atoms with Crippen molar-refractivity contribution >= 4 is 34.5 Å². The van der Waals surface area contributed by atoms with E-state index in [9.17, 15) is 4.79 Å². The standard InChI is InChI=1S/C15H17ClN2OS/c16-14-7-6-12(20-14)9-10-18-15(19)8-5-11-3-1-2-4-13(11)17/h1-4,6-7H,5,8-10,17H2,(H,18,19). The molecule has 20 heavy (non-hydrogen) atoms. The summed E-state index contributed by atoms with van der Waals surface area (Å²) in [6.07, 6.45) is 1.94. The summed E-state index contributed by atoms with van der Waals surface area (Å²) in [5.41, 5.74) is 7.61. The van der Waals surface area contributed by atoms with Crippen molar-refractivity contribution < 1.29 is 4.79 Å². The molecule has 1 aromatic carbocycles. The number of aryl methyl sites for hydroxylation is 1. The molecule has 3 nitrogen and oxygen atoms in total. The maximum absolute atomic E-state index is 11.7. The van der Waals surface area contributed by atoms with Gasteiger partial charge in [-0.25, -0.2) is 0 Å². The van der Waals surface area contributed by atoms with Gasteiger partial charge in [-0.2, -0.15) is 0 Å². The maximum Gasteiger partial charge on any atom is 0.220 e. The molecule has 0 fully saturated rings. The summed E-state index contributed by atoms with van der Waals surface area (Å²) in [6.45, 7) is 0.639. The van der Waals surface area contributed by atoms with Gasteiger partial charge in [0.25, 0.3) is 0 Å². The van der Waals surface area contributed by atoms with E-state index in [-0.39, 0.29) is 5.91 Å². The van der Waals surface area contributed by atoms with Gasteiger partial charge in [-0.1, -0.05) is 29.8 Å². The third kappa shape index (κ3) is 4.54. The smallest absolute Gasteiger partial charge is 0.220 e. The van der Waals surface area contributed by atoms with E-state index in [0.717, 1.165) is 22.0 Å². The van der Waals surface area contributed by atoms with Gasteiger partial charge in [0, 0.05) is 23.5 Å². The first-order valence-electron chi connectivity index (χ1n) is 6.49. The molecule has 0 bridgehead atoms. The molecule has 1 aromatic heterocycles. The first-order valence-corrected chi connectivity index (χ1v) is 7.69. The number of nitrogens with one attached hydrogen (secondary N) is 1. The second-order valence-electron chi connectivity index (χ2n) is 4.50. The third-order valence-corrected chi connectivity index (χ3v) is 4.29. The van der Waals surface area contributed by atoms with Crippen LogP contribution < -0.4 is 11.1 Å². The van der Waals surface area contributed by atoms with E-state index in [2.05, 4.69) is 5.32 Å². The summed E-state index contributed by atoms with van der Waals surface area (Å²) in [5, 5.41) is 2.91. The number of para-hydroxylation sites is 1. The number of amides is 1. The number of nitrogens with two attached hydrogens (primary N) is 1. The fraction of sp³-hybridized carbons (Fsp3) is 0.267. The van der Waals surface area contributed by atoms with Gasteiger partial charge >= 0.3 is 0 Å². The van der Waals surface area contributed by atoms with E-state index in [1.54, 1.807) is 11.3 Å². The quantitative estimate of drug-likeness (QED) is 0.805. The Kier molecular flexibility index (Phi) is 5.44. The molecule has 2 rings (SSSR count). The molecule has 0 saturated heterocycles. The van der Waals surface area contributed by atoms with Crippen molar-refractivity contribution in [3.8, 4) is 0 Å². The van der Waals surface area contributed by atoms with Crippen LogP contribution in [0.3, 0.4) is 0 Å². The van der Waals surface area contributed by atoms with Crippen LogP contribution in [0.5, 0.6) is 0 Å². The molecule has 0 unspecified atom stereocenters. The van der Waals surface area contributed by atoms with E-state index in [1.807, 2.05) is 36.4 Å². The Balaban J connectivity index is 1.69. The van der Waals surface area contributed by atoms with Crippen LogP contribution in [0.1, 0.15) is 16.9 Å². The van der Waals surface area contributed by atoms with Crippen molar-refractivity contribution in [3.05, 3.63) is 51.2 Å². The van der Waals surface area contributed by atoms with Crippen LogP contribution in [0.15, 0.2) is 36.4 Å². The first-order chi connectivity index (χ1) is 9.65. The minimum atomic E-state index is 0.0518. The normalized spacial score (nSPS) is 10.4. The highest BCUT2D eigenvalue weighted by Crippen LogP contribution is 2.21. The number of hydrogen-bond donors (Lipinski definition) is 2. The number of benzene rings is 1. The van der Waals surface area contributed by atoms with Crippen molar-refractivity contribution in [2.24, 2.45) is 0 Å². The summed E-state index contributed by atoms with van der Waals surface area (Å²) in [7, 11) is 0.